The molecule has 18 heavy (non-hydrogen) atoms. The van der Waals surface area contributed by atoms with Crippen molar-refractivity contribution in [3.8, 4) is 0 Å². The van der Waals surface area contributed by atoms with Crippen LogP contribution in [0, 0.1) is 0 Å². The van der Waals surface area contributed by atoms with E-state index in [1.54, 1.807) is 6.33 Å². The largest absolute Gasteiger partial charge is 0.345 e. The van der Waals surface area contributed by atoms with Gasteiger partial charge in [-0.25, -0.2) is 4.98 Å². The first-order valence-electron chi connectivity index (χ1n) is 6.73. The van der Waals surface area contributed by atoms with E-state index >= 15 is 0 Å². The first-order valence-corrected chi connectivity index (χ1v) is 6.73. The van der Waals surface area contributed by atoms with E-state index in [0.29, 0.717) is 12.2 Å². The highest BCUT2D eigenvalue weighted by molar-refractivity contribution is 5.79. The molecule has 0 radical (unpaired) electrons. The predicted molar refractivity (Wildman–Crippen MR) is 73.6 cm³/mol. The molecule has 0 spiro atoms. The number of nitrogens with zero attached hydrogens (tertiary/aromatic N) is 1. The Kier molecular flexibility index (Phi) is 4.51. The standard InChI is InChI=1S/C15H20N2O/c1-2-3-4-5-13(18)8-6-12-7-9-14-15(10-12)17-11-16-14/h7,9-11H,2-6,8H2,1H3,(H,16,17). The second-order valence-electron chi connectivity index (χ2n) is 4.75. The van der Waals surface area contributed by atoms with Gasteiger partial charge in [-0.05, 0) is 30.5 Å². The number of ketones is 1. The zero-order valence-electron chi connectivity index (χ0n) is 10.9. The van der Waals surface area contributed by atoms with Crippen LogP contribution in [0.1, 0.15) is 44.6 Å². The van der Waals surface area contributed by atoms with Crippen molar-refractivity contribution in [2.24, 2.45) is 0 Å². The van der Waals surface area contributed by atoms with Crippen LogP contribution in [-0.2, 0) is 11.2 Å². The summed E-state index contributed by atoms with van der Waals surface area (Å²) in [5, 5.41) is 0. The van der Waals surface area contributed by atoms with E-state index in [1.165, 1.54) is 12.0 Å². The highest BCUT2D eigenvalue weighted by atomic mass is 16.1. The summed E-state index contributed by atoms with van der Waals surface area (Å²) >= 11 is 0. The molecule has 1 N–H and O–H groups in total. The summed E-state index contributed by atoms with van der Waals surface area (Å²) in [6.45, 7) is 2.16. The van der Waals surface area contributed by atoms with Gasteiger partial charge in [0, 0.05) is 12.8 Å². The van der Waals surface area contributed by atoms with Crippen LogP contribution in [0.25, 0.3) is 11.0 Å². The second kappa shape index (κ2) is 6.34. The third kappa shape index (κ3) is 3.42. The second-order valence-corrected chi connectivity index (χ2v) is 4.75. The smallest absolute Gasteiger partial charge is 0.133 e. The molecule has 0 aliphatic heterocycles. The number of carbonyl (C=O) groups excluding carboxylic acids is 1. The number of hydrogen-bond donors (Lipinski definition) is 1. The lowest BCUT2D eigenvalue weighted by atomic mass is 10.0. The third-order valence-corrected chi connectivity index (χ3v) is 3.24. The quantitative estimate of drug-likeness (QED) is 0.756. The van der Waals surface area contributed by atoms with Gasteiger partial charge in [-0.3, -0.25) is 4.79 Å². The van der Waals surface area contributed by atoms with Crippen molar-refractivity contribution in [1.29, 1.82) is 0 Å². The zero-order valence-corrected chi connectivity index (χ0v) is 10.9. The van der Waals surface area contributed by atoms with Crippen molar-refractivity contribution in [1.82, 2.24) is 9.97 Å². The molecular weight excluding hydrogens is 224 g/mol. The van der Waals surface area contributed by atoms with Crippen LogP contribution in [0.15, 0.2) is 24.5 Å². The molecule has 1 aromatic carbocycles. The Labute approximate surface area is 108 Å². The van der Waals surface area contributed by atoms with E-state index < -0.39 is 0 Å². The van der Waals surface area contributed by atoms with Gasteiger partial charge in [-0.1, -0.05) is 25.8 Å². The number of aromatic nitrogens is 2. The van der Waals surface area contributed by atoms with E-state index in [4.69, 9.17) is 0 Å². The number of imidazole rings is 1. The van der Waals surface area contributed by atoms with Crippen LogP contribution in [0.3, 0.4) is 0 Å². The van der Waals surface area contributed by atoms with E-state index in [1.807, 2.05) is 6.07 Å². The van der Waals surface area contributed by atoms with Gasteiger partial charge in [-0.15, -0.1) is 0 Å². The zero-order chi connectivity index (χ0) is 12.8. The van der Waals surface area contributed by atoms with Crippen LogP contribution in [-0.4, -0.2) is 15.8 Å². The molecule has 0 unspecified atom stereocenters. The molecule has 1 heterocycles. The molecule has 0 amide bonds. The molecule has 3 heteroatoms. The molecule has 0 bridgehead atoms. The molecule has 0 atom stereocenters. The molecule has 2 aromatic rings. The van der Waals surface area contributed by atoms with Gasteiger partial charge >= 0.3 is 0 Å². The summed E-state index contributed by atoms with van der Waals surface area (Å²) in [5.74, 6) is 0.380. The van der Waals surface area contributed by atoms with E-state index in [2.05, 4.69) is 29.0 Å². The molecular formula is C15H20N2O. The highest BCUT2D eigenvalue weighted by Gasteiger charge is 2.04. The van der Waals surface area contributed by atoms with Crippen LogP contribution in [0.2, 0.25) is 0 Å². The molecule has 1 aromatic heterocycles. The van der Waals surface area contributed by atoms with Gasteiger partial charge < -0.3 is 4.98 Å². The molecule has 96 valence electrons. The molecule has 0 aliphatic carbocycles. The lowest BCUT2D eigenvalue weighted by molar-refractivity contribution is -0.119. The van der Waals surface area contributed by atoms with Crippen molar-refractivity contribution < 1.29 is 4.79 Å². The van der Waals surface area contributed by atoms with Crippen molar-refractivity contribution in [3.05, 3.63) is 30.1 Å². The SMILES string of the molecule is CCCCCC(=O)CCc1ccc2[nH]cnc2c1. The number of rotatable bonds is 7. The van der Waals surface area contributed by atoms with Gasteiger partial charge in [0.15, 0.2) is 0 Å². The number of Topliss-reactive ketones (excluding diaryl/α,β-unsaturated/α-hetero) is 1. The summed E-state index contributed by atoms with van der Waals surface area (Å²) in [4.78, 5) is 19.0. The van der Waals surface area contributed by atoms with Crippen LogP contribution in [0.5, 0.6) is 0 Å². The summed E-state index contributed by atoms with van der Waals surface area (Å²) < 4.78 is 0. The number of unbranched alkanes of at least 4 members (excludes halogenated alkanes) is 2. The first kappa shape index (κ1) is 12.8. The fourth-order valence-corrected chi connectivity index (χ4v) is 2.11. The number of hydrogen-bond acceptors (Lipinski definition) is 2. The molecule has 0 saturated heterocycles. The lowest BCUT2D eigenvalue weighted by Gasteiger charge is -2.01. The fraction of sp³-hybridized carbons (Fsp3) is 0.467. The van der Waals surface area contributed by atoms with E-state index in [9.17, 15) is 4.79 Å². The minimum atomic E-state index is 0.380. The Hall–Kier alpha value is -1.64. The number of aromatic amines is 1. The number of H-pyrrole nitrogens is 1. The average molecular weight is 244 g/mol. The minimum Gasteiger partial charge on any atom is -0.345 e. The lowest BCUT2D eigenvalue weighted by Crippen LogP contribution is -2.00. The van der Waals surface area contributed by atoms with Crippen LogP contribution in [0.4, 0.5) is 0 Å². The van der Waals surface area contributed by atoms with Gasteiger partial charge in [0.2, 0.25) is 0 Å². The van der Waals surface area contributed by atoms with Crippen LogP contribution >= 0.6 is 0 Å². The van der Waals surface area contributed by atoms with Crippen molar-refractivity contribution in [2.75, 3.05) is 0 Å². The fourth-order valence-electron chi connectivity index (χ4n) is 2.11. The molecule has 0 saturated carbocycles. The Morgan fingerprint density at radius 3 is 3.00 bits per heavy atom. The maximum Gasteiger partial charge on any atom is 0.133 e. The van der Waals surface area contributed by atoms with Gasteiger partial charge in [0.25, 0.3) is 0 Å². The first-order chi connectivity index (χ1) is 8.79. The summed E-state index contributed by atoms with van der Waals surface area (Å²) in [6.07, 6.45) is 7.28. The maximum atomic E-state index is 11.7. The van der Waals surface area contributed by atoms with Gasteiger partial charge in [0.05, 0.1) is 17.4 Å². The van der Waals surface area contributed by atoms with Crippen molar-refractivity contribution in [3.63, 3.8) is 0 Å². The Morgan fingerprint density at radius 2 is 2.17 bits per heavy atom. The van der Waals surface area contributed by atoms with Gasteiger partial charge in [-0.2, -0.15) is 0 Å². The number of aryl methyl sites for hydroxylation is 1. The molecule has 0 aliphatic rings. The summed E-state index contributed by atoms with van der Waals surface area (Å²) in [7, 11) is 0. The Balaban J connectivity index is 1.83. The Morgan fingerprint density at radius 1 is 1.28 bits per heavy atom. The Bertz CT molecular complexity index is 516. The van der Waals surface area contributed by atoms with Gasteiger partial charge in [0.1, 0.15) is 5.78 Å². The van der Waals surface area contributed by atoms with Crippen molar-refractivity contribution in [2.45, 2.75) is 45.4 Å². The third-order valence-electron chi connectivity index (χ3n) is 3.24. The van der Waals surface area contributed by atoms with Crippen molar-refractivity contribution >= 4 is 16.8 Å². The number of benzene rings is 1. The molecule has 3 nitrogen and oxygen atoms in total. The normalized spacial score (nSPS) is 10.9. The number of carbonyl (C=O) groups is 1. The van der Waals surface area contributed by atoms with Crippen LogP contribution < -0.4 is 0 Å². The van der Waals surface area contributed by atoms with E-state index in [-0.39, 0.29) is 0 Å². The average Bonchev–Trinajstić information content (AvgIpc) is 2.84. The monoisotopic (exact) mass is 244 g/mol. The number of fused-ring (bicyclic) bond motifs is 1. The molecule has 0 fully saturated rings. The number of nitrogens with one attached hydrogen (secondary N) is 1. The summed E-state index contributed by atoms with van der Waals surface area (Å²) in [6, 6.07) is 6.16. The van der Waals surface area contributed by atoms with E-state index in [0.717, 1.165) is 36.7 Å². The minimum absolute atomic E-state index is 0.380. The molecule has 2 rings (SSSR count). The summed E-state index contributed by atoms with van der Waals surface area (Å²) in [5.41, 5.74) is 3.22. The topological polar surface area (TPSA) is 45.8 Å². The predicted octanol–water partition coefficient (Wildman–Crippen LogP) is 3.64. The maximum absolute atomic E-state index is 11.7. The highest BCUT2D eigenvalue weighted by Crippen LogP contribution is 2.13.